The van der Waals surface area contributed by atoms with Crippen LogP contribution in [0.4, 0.5) is 0 Å². The summed E-state index contributed by atoms with van der Waals surface area (Å²) in [5, 5.41) is 9.83. The van der Waals surface area contributed by atoms with E-state index < -0.39 is 0 Å². The van der Waals surface area contributed by atoms with Gasteiger partial charge in [-0.15, -0.1) is 0 Å². The number of guanidine groups is 2. The van der Waals surface area contributed by atoms with Crippen molar-refractivity contribution in [2.75, 3.05) is 20.6 Å². The third-order valence-electron chi connectivity index (χ3n) is 2.20. The summed E-state index contributed by atoms with van der Waals surface area (Å²) in [6.07, 6.45) is 2.79. The Morgan fingerprint density at radius 2 is 2.44 bits per heavy atom. The second kappa shape index (κ2) is 5.79. The number of nitrogens with zero attached hydrogens (tertiary/aromatic N) is 2. The Balaban J connectivity index is 2.44. The zero-order valence-corrected chi connectivity index (χ0v) is 9.62. The van der Waals surface area contributed by atoms with Gasteiger partial charge in [-0.25, -0.2) is 0 Å². The molecule has 0 fully saturated rings. The van der Waals surface area contributed by atoms with Gasteiger partial charge in [0.25, 0.3) is 0 Å². The molecule has 16 heavy (non-hydrogen) atoms. The first kappa shape index (κ1) is 12.1. The maximum Gasteiger partial charge on any atom is 0.200 e. The lowest BCUT2D eigenvalue weighted by Crippen LogP contribution is -2.45. The summed E-state index contributed by atoms with van der Waals surface area (Å²) in [5.74, 6) is 0.492. The van der Waals surface area contributed by atoms with Crippen LogP contribution >= 0.6 is 0 Å². The largest absolute Gasteiger partial charge is 0.370 e. The lowest BCUT2D eigenvalue weighted by Gasteiger charge is -2.20. The Bertz CT molecular complexity index is 353. The zero-order chi connectivity index (χ0) is 12.0. The quantitative estimate of drug-likeness (QED) is 0.427. The molecule has 0 unspecified atom stereocenters. The third-order valence-corrected chi connectivity index (χ3v) is 2.20. The average Bonchev–Trinajstić information content (AvgIpc) is 2.75. The lowest BCUT2D eigenvalue weighted by atomic mass is 10.3. The first-order valence-electron chi connectivity index (χ1n) is 5.04. The predicted molar refractivity (Wildman–Crippen MR) is 65.5 cm³/mol. The van der Waals surface area contributed by atoms with E-state index in [-0.39, 0.29) is 5.96 Å². The molecule has 0 amide bonds. The number of nitrogens with one attached hydrogen (secondary N) is 3. The normalized spacial score (nSPS) is 11.2. The van der Waals surface area contributed by atoms with E-state index in [2.05, 4.69) is 15.3 Å². The number of rotatable bonds is 3. The highest BCUT2D eigenvalue weighted by Crippen LogP contribution is 1.97. The van der Waals surface area contributed by atoms with Gasteiger partial charge in [-0.1, -0.05) is 0 Å². The van der Waals surface area contributed by atoms with Gasteiger partial charge in [0.15, 0.2) is 11.9 Å². The molecule has 1 aromatic heterocycles. The zero-order valence-electron chi connectivity index (χ0n) is 9.62. The molecule has 0 aliphatic carbocycles. The number of H-pyrrole nitrogens is 1. The van der Waals surface area contributed by atoms with E-state index in [1.54, 1.807) is 7.05 Å². The van der Waals surface area contributed by atoms with Crippen LogP contribution in [0.5, 0.6) is 0 Å². The Kier molecular flexibility index (Phi) is 4.38. The van der Waals surface area contributed by atoms with Gasteiger partial charge in [0, 0.05) is 39.0 Å². The summed E-state index contributed by atoms with van der Waals surface area (Å²) in [4.78, 5) is 9.08. The van der Waals surface area contributed by atoms with Gasteiger partial charge >= 0.3 is 0 Å². The highest BCUT2D eigenvalue weighted by Gasteiger charge is 2.06. The number of hydrogen-bond donors (Lipinski definition) is 4. The standard InChI is InChI=1S/C10H18N6/c1-13-10(15-9(11)12)16(2)7-5-8-4-3-6-14-8/h3-4,6,14H,5,7H2,1-2H3,(H4,11,12,13,15). The fourth-order valence-electron chi connectivity index (χ4n) is 1.36. The smallest absolute Gasteiger partial charge is 0.200 e. The van der Waals surface area contributed by atoms with E-state index in [1.165, 1.54) is 5.69 Å². The van der Waals surface area contributed by atoms with E-state index in [4.69, 9.17) is 11.1 Å². The molecule has 0 aliphatic rings. The van der Waals surface area contributed by atoms with Crippen LogP contribution in [0.15, 0.2) is 23.3 Å². The number of hydrogen-bond acceptors (Lipinski definition) is 2. The Morgan fingerprint density at radius 3 is 2.94 bits per heavy atom. The van der Waals surface area contributed by atoms with E-state index in [0.29, 0.717) is 5.96 Å². The second-order valence-electron chi connectivity index (χ2n) is 3.45. The molecular weight excluding hydrogens is 204 g/mol. The van der Waals surface area contributed by atoms with Gasteiger partial charge in [0.05, 0.1) is 0 Å². The summed E-state index contributed by atoms with van der Waals surface area (Å²) in [7, 11) is 3.57. The maximum atomic E-state index is 7.15. The van der Waals surface area contributed by atoms with E-state index >= 15 is 0 Å². The van der Waals surface area contributed by atoms with Crippen LogP contribution in [0.25, 0.3) is 0 Å². The van der Waals surface area contributed by atoms with Crippen LogP contribution in [0.3, 0.4) is 0 Å². The van der Waals surface area contributed by atoms with Crippen molar-refractivity contribution in [3.63, 3.8) is 0 Å². The monoisotopic (exact) mass is 222 g/mol. The van der Waals surface area contributed by atoms with Crippen molar-refractivity contribution in [3.8, 4) is 0 Å². The molecule has 0 atom stereocenters. The molecule has 88 valence electrons. The first-order valence-corrected chi connectivity index (χ1v) is 5.04. The summed E-state index contributed by atoms with van der Waals surface area (Å²) in [6, 6.07) is 4.01. The van der Waals surface area contributed by atoms with Crippen LogP contribution < -0.4 is 11.1 Å². The van der Waals surface area contributed by atoms with Crippen LogP contribution in [-0.4, -0.2) is 42.4 Å². The minimum absolute atomic E-state index is 0.104. The molecule has 0 aromatic carbocycles. The average molecular weight is 222 g/mol. The van der Waals surface area contributed by atoms with Crippen molar-refractivity contribution >= 4 is 11.9 Å². The molecule has 1 heterocycles. The summed E-state index contributed by atoms with van der Waals surface area (Å²) >= 11 is 0. The third kappa shape index (κ3) is 3.64. The van der Waals surface area contributed by atoms with Crippen LogP contribution in [0, 0.1) is 5.41 Å². The van der Waals surface area contributed by atoms with Crippen molar-refractivity contribution in [2.24, 2.45) is 10.7 Å². The molecule has 1 rings (SSSR count). The second-order valence-corrected chi connectivity index (χ2v) is 3.45. The number of nitrogens with two attached hydrogens (primary N) is 1. The molecular formula is C10H18N6. The van der Waals surface area contributed by atoms with Crippen molar-refractivity contribution in [1.82, 2.24) is 15.2 Å². The van der Waals surface area contributed by atoms with Crippen molar-refractivity contribution < 1.29 is 0 Å². The number of aliphatic imine (C=N–C) groups is 1. The lowest BCUT2D eigenvalue weighted by molar-refractivity contribution is 0.493. The van der Waals surface area contributed by atoms with Gasteiger partial charge in [0.1, 0.15) is 0 Å². The molecule has 0 spiro atoms. The molecule has 0 bridgehead atoms. The van der Waals surface area contributed by atoms with E-state index in [0.717, 1.165) is 13.0 Å². The SMILES string of the molecule is C/N=C(\NC(=N)N)N(C)CCc1ccc[nH]1. The summed E-state index contributed by atoms with van der Waals surface area (Å²) in [6.45, 7) is 0.799. The molecule has 6 heteroatoms. The fraction of sp³-hybridized carbons (Fsp3) is 0.400. The molecule has 1 aromatic rings. The Hall–Kier alpha value is -1.98. The van der Waals surface area contributed by atoms with E-state index in [1.807, 2.05) is 30.3 Å². The van der Waals surface area contributed by atoms with Crippen LogP contribution in [0.2, 0.25) is 0 Å². The first-order chi connectivity index (χ1) is 7.63. The summed E-state index contributed by atoms with van der Waals surface area (Å²) < 4.78 is 0. The number of likely N-dealkylation sites (N-methyl/N-ethyl adjacent to an activating group) is 1. The van der Waals surface area contributed by atoms with Gasteiger partial charge in [-0.3, -0.25) is 15.7 Å². The fourth-order valence-corrected chi connectivity index (χ4v) is 1.36. The Labute approximate surface area is 95.1 Å². The topological polar surface area (TPSA) is 93.3 Å². The van der Waals surface area contributed by atoms with Gasteiger partial charge in [-0.05, 0) is 12.1 Å². The highest BCUT2D eigenvalue weighted by atomic mass is 15.3. The van der Waals surface area contributed by atoms with Gasteiger partial charge in [-0.2, -0.15) is 0 Å². The molecule has 0 saturated carbocycles. The van der Waals surface area contributed by atoms with Crippen LogP contribution in [0.1, 0.15) is 5.69 Å². The van der Waals surface area contributed by atoms with Crippen molar-refractivity contribution in [2.45, 2.75) is 6.42 Å². The van der Waals surface area contributed by atoms with Crippen LogP contribution in [-0.2, 0) is 6.42 Å². The van der Waals surface area contributed by atoms with Crippen molar-refractivity contribution in [1.29, 1.82) is 5.41 Å². The van der Waals surface area contributed by atoms with E-state index in [9.17, 15) is 0 Å². The number of aromatic nitrogens is 1. The molecule has 0 radical (unpaired) electrons. The number of aromatic amines is 1. The minimum atomic E-state index is -0.104. The molecule has 6 nitrogen and oxygen atoms in total. The Morgan fingerprint density at radius 1 is 1.69 bits per heavy atom. The summed E-state index contributed by atoms with van der Waals surface area (Å²) in [5.41, 5.74) is 6.43. The van der Waals surface area contributed by atoms with Crippen molar-refractivity contribution in [3.05, 3.63) is 24.0 Å². The molecule has 5 N–H and O–H groups in total. The van der Waals surface area contributed by atoms with Gasteiger partial charge in [0.2, 0.25) is 0 Å². The molecule has 0 saturated heterocycles. The maximum absolute atomic E-state index is 7.15. The van der Waals surface area contributed by atoms with Gasteiger partial charge < -0.3 is 15.6 Å². The molecule has 0 aliphatic heterocycles. The minimum Gasteiger partial charge on any atom is -0.370 e. The highest BCUT2D eigenvalue weighted by molar-refractivity contribution is 5.96. The predicted octanol–water partition coefficient (Wildman–Crippen LogP) is -0.0421.